The van der Waals surface area contributed by atoms with Crippen molar-refractivity contribution in [1.82, 2.24) is 30.2 Å². The van der Waals surface area contributed by atoms with Gasteiger partial charge in [0.25, 0.3) is 5.91 Å². The number of carbonyl (C=O) groups excluding carboxylic acids is 2. The number of benzene rings is 3. The number of hydrogen-bond acceptors (Lipinski definition) is 8. The zero-order valence-electron chi connectivity index (χ0n) is 24.3. The molecule has 0 spiro atoms. The Labute approximate surface area is 254 Å². The Balaban J connectivity index is 1.32. The Kier molecular flexibility index (Phi) is 9.36. The number of nitrogens with zero attached hydrogens (tertiary/aromatic N) is 2. The summed E-state index contributed by atoms with van der Waals surface area (Å²) in [6.45, 7) is 3.57. The number of carbonyl (C=O) groups is 2. The van der Waals surface area contributed by atoms with Crippen molar-refractivity contribution in [2.75, 3.05) is 25.0 Å². The average molecular weight is 616 g/mol. The van der Waals surface area contributed by atoms with Crippen molar-refractivity contribution in [3.63, 3.8) is 0 Å². The Bertz CT molecular complexity index is 1830. The normalized spacial score (nSPS) is 12.1. The number of fused-ring (bicyclic) bond motifs is 1. The fourth-order valence-electron chi connectivity index (χ4n) is 4.95. The lowest BCUT2D eigenvalue weighted by atomic mass is 10.0. The topological polar surface area (TPSA) is 171 Å². The van der Waals surface area contributed by atoms with Gasteiger partial charge < -0.3 is 20.4 Å². The molecule has 3 aromatic carbocycles. The van der Waals surface area contributed by atoms with Crippen molar-refractivity contribution >= 4 is 38.8 Å². The van der Waals surface area contributed by atoms with Crippen LogP contribution in [-0.4, -0.2) is 66.2 Å². The number of aromatic amines is 2. The molecule has 228 valence electrons. The summed E-state index contributed by atoms with van der Waals surface area (Å²) in [6.07, 6.45) is 5.33. The van der Waals surface area contributed by atoms with E-state index < -0.39 is 27.9 Å². The summed E-state index contributed by atoms with van der Waals surface area (Å²) in [4.78, 5) is 33.4. The largest absolute Gasteiger partial charge is 0.464 e. The highest BCUT2D eigenvalue weighted by Crippen LogP contribution is 2.28. The maximum absolute atomic E-state index is 13.7. The number of para-hydroxylation sites is 1. The number of hydrogen-bond donors (Lipinski definition) is 5. The van der Waals surface area contributed by atoms with Gasteiger partial charge in [0.1, 0.15) is 6.04 Å². The monoisotopic (exact) mass is 615 g/mol. The summed E-state index contributed by atoms with van der Waals surface area (Å²) >= 11 is 0. The van der Waals surface area contributed by atoms with Crippen molar-refractivity contribution in [1.29, 1.82) is 0 Å². The lowest BCUT2D eigenvalue weighted by Crippen LogP contribution is -2.49. The minimum absolute atomic E-state index is 0.0238. The Morgan fingerprint density at radius 3 is 2.50 bits per heavy atom. The maximum Gasteiger partial charge on any atom is 0.326 e. The highest BCUT2D eigenvalue weighted by atomic mass is 32.2. The number of esters is 1. The first-order chi connectivity index (χ1) is 21.2. The molecule has 0 aliphatic rings. The molecule has 44 heavy (non-hydrogen) atoms. The number of aryl methyl sites for hydroxylation is 2. The van der Waals surface area contributed by atoms with Crippen LogP contribution in [0.3, 0.4) is 0 Å². The van der Waals surface area contributed by atoms with E-state index in [4.69, 9.17) is 4.74 Å². The lowest BCUT2D eigenvalue weighted by Gasteiger charge is -2.20. The molecule has 2 heterocycles. The van der Waals surface area contributed by atoms with E-state index in [0.717, 1.165) is 16.5 Å². The summed E-state index contributed by atoms with van der Waals surface area (Å²) in [6, 6.07) is 17.0. The highest BCUT2D eigenvalue weighted by Gasteiger charge is 2.30. The van der Waals surface area contributed by atoms with Gasteiger partial charge in [-0.25, -0.2) is 13.4 Å². The van der Waals surface area contributed by atoms with E-state index in [9.17, 15) is 18.0 Å². The quantitative estimate of drug-likeness (QED) is 0.0986. The van der Waals surface area contributed by atoms with Crippen molar-refractivity contribution in [2.45, 2.75) is 31.2 Å². The van der Waals surface area contributed by atoms with Crippen molar-refractivity contribution in [3.8, 4) is 11.1 Å². The van der Waals surface area contributed by atoms with Gasteiger partial charge in [-0.1, -0.05) is 54.6 Å². The summed E-state index contributed by atoms with van der Waals surface area (Å²) in [7, 11) is -4.21. The Hall–Kier alpha value is -5.01. The fourth-order valence-corrected chi connectivity index (χ4v) is 6.59. The number of rotatable bonds is 13. The second-order valence-corrected chi connectivity index (χ2v) is 11.9. The summed E-state index contributed by atoms with van der Waals surface area (Å²) in [5.41, 5.74) is 3.69. The third-order valence-electron chi connectivity index (χ3n) is 6.96. The standard InChI is InChI=1S/C31H33N7O5S/c1-20-16-24(22-8-4-3-5-9-22)17-21(2)28(20)44(41,42)38-26(30(40)43-15-7-12-32-31-33-13-14-34-31)19-35-29(39)25-11-6-10-23-18-36-37-27(23)25/h3-6,8-11,13-14,16-18,26,38H,7,12,15,19H2,1-2H3,(H,35,39)(H,36,37)(H2,32,33,34). The van der Waals surface area contributed by atoms with E-state index in [1.807, 2.05) is 30.3 Å². The van der Waals surface area contributed by atoms with Gasteiger partial charge in [-0.05, 0) is 48.6 Å². The van der Waals surface area contributed by atoms with Crippen molar-refractivity contribution in [3.05, 3.63) is 95.9 Å². The second kappa shape index (κ2) is 13.5. The van der Waals surface area contributed by atoms with Gasteiger partial charge >= 0.3 is 5.97 Å². The number of nitrogens with one attached hydrogen (secondary N) is 5. The third-order valence-corrected chi connectivity index (χ3v) is 8.74. The molecule has 0 aliphatic heterocycles. The van der Waals surface area contributed by atoms with Crippen LogP contribution in [0.15, 0.2) is 84.1 Å². The number of anilines is 1. The van der Waals surface area contributed by atoms with Crippen LogP contribution in [0.1, 0.15) is 27.9 Å². The van der Waals surface area contributed by atoms with E-state index in [2.05, 4.69) is 35.5 Å². The molecule has 5 rings (SSSR count). The molecule has 1 amide bonds. The van der Waals surface area contributed by atoms with E-state index in [1.54, 1.807) is 62.8 Å². The van der Waals surface area contributed by atoms with Gasteiger partial charge in [-0.2, -0.15) is 9.82 Å². The van der Waals surface area contributed by atoms with Crippen LogP contribution in [-0.2, 0) is 19.6 Å². The lowest BCUT2D eigenvalue weighted by molar-refractivity contribution is -0.145. The number of aromatic nitrogens is 4. The van der Waals surface area contributed by atoms with Gasteiger partial charge in [-0.15, -0.1) is 0 Å². The number of amides is 1. The molecule has 12 nitrogen and oxygen atoms in total. The molecule has 1 atom stereocenters. The molecule has 5 aromatic rings. The Morgan fingerprint density at radius 2 is 1.77 bits per heavy atom. The predicted octanol–water partition coefficient (Wildman–Crippen LogP) is 3.69. The van der Waals surface area contributed by atoms with Crippen molar-refractivity contribution < 1.29 is 22.7 Å². The van der Waals surface area contributed by atoms with Gasteiger partial charge in [-0.3, -0.25) is 14.7 Å². The summed E-state index contributed by atoms with van der Waals surface area (Å²) in [5, 5.41) is 13.2. The first-order valence-corrected chi connectivity index (χ1v) is 15.5. The number of sulfonamides is 1. The zero-order chi connectivity index (χ0) is 31.1. The van der Waals surface area contributed by atoms with Crippen LogP contribution < -0.4 is 15.4 Å². The first-order valence-electron chi connectivity index (χ1n) is 14.0. The third kappa shape index (κ3) is 7.13. The number of ether oxygens (including phenoxy) is 1. The minimum Gasteiger partial charge on any atom is -0.464 e. The van der Waals surface area contributed by atoms with Crippen LogP contribution in [0.5, 0.6) is 0 Å². The average Bonchev–Trinajstić information content (AvgIpc) is 3.71. The van der Waals surface area contributed by atoms with Gasteiger partial charge in [0.2, 0.25) is 10.0 Å². The molecule has 0 bridgehead atoms. The summed E-state index contributed by atoms with van der Waals surface area (Å²) in [5.74, 6) is -0.733. The molecular weight excluding hydrogens is 582 g/mol. The van der Waals surface area contributed by atoms with Crippen molar-refractivity contribution in [2.24, 2.45) is 0 Å². The van der Waals surface area contributed by atoms with Crippen LogP contribution in [0.25, 0.3) is 22.0 Å². The summed E-state index contributed by atoms with van der Waals surface area (Å²) < 4.78 is 35.4. The molecule has 1 unspecified atom stereocenters. The second-order valence-electron chi connectivity index (χ2n) is 10.2. The molecule has 5 N–H and O–H groups in total. The molecule has 0 fully saturated rings. The minimum atomic E-state index is -4.21. The molecule has 13 heteroatoms. The number of H-pyrrole nitrogens is 2. The molecule has 0 aliphatic carbocycles. The van der Waals surface area contributed by atoms with Gasteiger partial charge in [0.15, 0.2) is 5.95 Å². The van der Waals surface area contributed by atoms with E-state index in [0.29, 0.717) is 41.1 Å². The number of imidazole rings is 1. The van der Waals surface area contributed by atoms with E-state index in [1.165, 1.54) is 0 Å². The molecule has 2 aromatic heterocycles. The molecule has 0 saturated heterocycles. The van der Waals surface area contributed by atoms with Gasteiger partial charge in [0.05, 0.1) is 28.8 Å². The van der Waals surface area contributed by atoms with E-state index >= 15 is 0 Å². The van der Waals surface area contributed by atoms with E-state index in [-0.39, 0.29) is 18.0 Å². The smallest absolute Gasteiger partial charge is 0.326 e. The SMILES string of the molecule is Cc1cc(-c2ccccc2)cc(C)c1S(=O)(=O)NC(CNC(=O)c1cccc2cn[nH]c12)C(=O)OCCCNc1ncc[nH]1. The predicted molar refractivity (Wildman–Crippen MR) is 167 cm³/mol. The van der Waals surface area contributed by atoms with Crippen LogP contribution in [0.2, 0.25) is 0 Å². The van der Waals surface area contributed by atoms with Crippen LogP contribution in [0.4, 0.5) is 5.95 Å². The zero-order valence-corrected chi connectivity index (χ0v) is 25.1. The molecular formula is C31H33N7O5S. The molecule has 0 radical (unpaired) electrons. The fraction of sp³-hybridized carbons (Fsp3) is 0.226. The first kappa shape index (κ1) is 30.4. The van der Waals surface area contributed by atoms with Gasteiger partial charge in [0, 0.05) is 30.9 Å². The van der Waals surface area contributed by atoms with Crippen LogP contribution >= 0.6 is 0 Å². The van der Waals surface area contributed by atoms with Crippen LogP contribution in [0, 0.1) is 13.8 Å². The molecule has 0 saturated carbocycles. The Morgan fingerprint density at radius 1 is 1.00 bits per heavy atom. The maximum atomic E-state index is 13.7. The highest BCUT2D eigenvalue weighted by molar-refractivity contribution is 7.89.